The minimum Gasteiger partial charge on any atom is -0.375 e. The lowest BCUT2D eigenvalue weighted by atomic mass is 10.3. The van der Waals surface area contributed by atoms with Crippen LogP contribution in [-0.4, -0.2) is 33.1 Å². The second kappa shape index (κ2) is 9.20. The highest BCUT2D eigenvalue weighted by atomic mass is 32.1. The minimum absolute atomic E-state index is 0.822. The quantitative estimate of drug-likeness (QED) is 0.465. The van der Waals surface area contributed by atoms with Gasteiger partial charge in [-0.05, 0) is 37.6 Å². The van der Waals surface area contributed by atoms with Crippen LogP contribution in [0.5, 0.6) is 0 Å². The molecule has 0 unspecified atom stereocenters. The molecule has 4 nitrogen and oxygen atoms in total. The summed E-state index contributed by atoms with van der Waals surface area (Å²) in [5.74, 6) is 0.860. The van der Waals surface area contributed by atoms with Crippen molar-refractivity contribution in [3.63, 3.8) is 0 Å². The van der Waals surface area contributed by atoms with Gasteiger partial charge in [0.1, 0.15) is 0 Å². The molecule has 1 heterocycles. The van der Waals surface area contributed by atoms with E-state index in [2.05, 4.69) is 70.9 Å². The summed E-state index contributed by atoms with van der Waals surface area (Å²) in [6, 6.07) is 14.8. The van der Waals surface area contributed by atoms with Crippen LogP contribution in [0.4, 0.5) is 5.69 Å². The number of benzene rings is 1. The monoisotopic (exact) mass is 330 g/mol. The zero-order valence-corrected chi connectivity index (χ0v) is 15.0. The maximum Gasteiger partial charge on any atom is 0.191 e. The Balaban J connectivity index is 1.66. The van der Waals surface area contributed by atoms with E-state index in [4.69, 9.17) is 0 Å². The van der Waals surface area contributed by atoms with Crippen LogP contribution in [0.3, 0.4) is 0 Å². The highest BCUT2D eigenvalue weighted by Gasteiger charge is 2.02. The maximum atomic E-state index is 4.27. The first-order valence-corrected chi connectivity index (χ1v) is 8.76. The zero-order chi connectivity index (χ0) is 16.5. The number of rotatable bonds is 7. The third kappa shape index (κ3) is 5.94. The fourth-order valence-electron chi connectivity index (χ4n) is 2.31. The van der Waals surface area contributed by atoms with Crippen molar-refractivity contribution in [3.05, 3.63) is 52.2 Å². The summed E-state index contributed by atoms with van der Waals surface area (Å²) in [4.78, 5) is 9.21. The summed E-state index contributed by atoms with van der Waals surface area (Å²) in [6.07, 6.45) is 1.06. The number of nitrogens with one attached hydrogen (secondary N) is 2. The first-order valence-electron chi connectivity index (χ1n) is 7.95. The van der Waals surface area contributed by atoms with E-state index in [9.17, 15) is 0 Å². The van der Waals surface area contributed by atoms with Crippen molar-refractivity contribution in [2.45, 2.75) is 19.9 Å². The van der Waals surface area contributed by atoms with Gasteiger partial charge < -0.3 is 15.5 Å². The molecule has 0 fully saturated rings. The Morgan fingerprint density at radius 3 is 2.57 bits per heavy atom. The Morgan fingerprint density at radius 2 is 1.91 bits per heavy atom. The first-order chi connectivity index (χ1) is 11.2. The van der Waals surface area contributed by atoms with Crippen LogP contribution in [0.15, 0.2) is 47.5 Å². The third-order valence-corrected chi connectivity index (χ3v) is 4.61. The van der Waals surface area contributed by atoms with Crippen LogP contribution >= 0.6 is 11.3 Å². The molecule has 124 valence electrons. The van der Waals surface area contributed by atoms with E-state index < -0.39 is 0 Å². The van der Waals surface area contributed by atoms with Crippen molar-refractivity contribution in [2.75, 3.05) is 32.1 Å². The molecule has 0 amide bonds. The average molecular weight is 331 g/mol. The van der Waals surface area contributed by atoms with E-state index in [1.165, 1.54) is 15.4 Å². The normalized spacial score (nSPS) is 11.3. The molecule has 23 heavy (non-hydrogen) atoms. The molecule has 0 spiro atoms. The maximum absolute atomic E-state index is 4.27. The van der Waals surface area contributed by atoms with Gasteiger partial charge in [0.05, 0.1) is 6.54 Å². The Hall–Kier alpha value is -2.01. The smallest absolute Gasteiger partial charge is 0.191 e. The van der Waals surface area contributed by atoms with Gasteiger partial charge in [-0.1, -0.05) is 18.2 Å². The summed E-state index contributed by atoms with van der Waals surface area (Å²) in [5, 5.41) is 6.72. The topological polar surface area (TPSA) is 39.7 Å². The van der Waals surface area contributed by atoms with Crippen LogP contribution in [0.25, 0.3) is 0 Å². The number of guanidine groups is 1. The number of anilines is 1. The molecule has 2 N–H and O–H groups in total. The van der Waals surface area contributed by atoms with Crippen LogP contribution in [0, 0.1) is 6.92 Å². The molecule has 2 aromatic rings. The predicted molar refractivity (Wildman–Crippen MR) is 102 cm³/mol. The molecule has 0 saturated carbocycles. The molecule has 0 aliphatic rings. The Bertz CT molecular complexity index is 606. The predicted octanol–water partition coefficient (Wildman–Crippen LogP) is 3.25. The lowest BCUT2D eigenvalue weighted by Crippen LogP contribution is -2.38. The number of thiophene rings is 1. The second-order valence-electron chi connectivity index (χ2n) is 5.48. The van der Waals surface area contributed by atoms with Gasteiger partial charge in [-0.2, -0.15) is 0 Å². The standard InChI is InChI=1S/C18H26N4S/c1-15-10-11-17(23-15)14-21-18(19-2)20-12-7-13-22(3)16-8-5-4-6-9-16/h4-6,8-11H,7,12-14H2,1-3H3,(H2,19,20,21). The second-order valence-corrected chi connectivity index (χ2v) is 6.85. The third-order valence-electron chi connectivity index (χ3n) is 3.61. The molecule has 2 rings (SSSR count). The number of hydrogen-bond acceptors (Lipinski definition) is 3. The molecular formula is C18H26N4S. The molecule has 1 aromatic heterocycles. The Labute approximate surface area is 143 Å². The number of aliphatic imine (C=N–C) groups is 1. The van der Waals surface area contributed by atoms with E-state index >= 15 is 0 Å². The summed E-state index contributed by atoms with van der Waals surface area (Å²) in [5.41, 5.74) is 1.25. The lowest BCUT2D eigenvalue weighted by Gasteiger charge is -2.19. The van der Waals surface area contributed by atoms with Gasteiger partial charge in [-0.3, -0.25) is 4.99 Å². The van der Waals surface area contributed by atoms with E-state index in [1.807, 2.05) is 24.5 Å². The van der Waals surface area contributed by atoms with Gasteiger partial charge in [0.15, 0.2) is 5.96 Å². The molecule has 5 heteroatoms. The lowest BCUT2D eigenvalue weighted by molar-refractivity contribution is 0.730. The van der Waals surface area contributed by atoms with Crippen LogP contribution in [0.1, 0.15) is 16.2 Å². The molecular weight excluding hydrogens is 304 g/mol. The molecule has 0 bridgehead atoms. The van der Waals surface area contributed by atoms with Crippen molar-refractivity contribution in [1.82, 2.24) is 10.6 Å². The van der Waals surface area contributed by atoms with E-state index in [1.54, 1.807) is 0 Å². The van der Waals surface area contributed by atoms with Gasteiger partial charge in [-0.15, -0.1) is 11.3 Å². The highest BCUT2D eigenvalue weighted by Crippen LogP contribution is 2.14. The average Bonchev–Trinajstić information content (AvgIpc) is 3.00. The number of hydrogen-bond donors (Lipinski definition) is 2. The van der Waals surface area contributed by atoms with E-state index in [0.29, 0.717) is 0 Å². The molecule has 0 saturated heterocycles. The molecule has 0 aliphatic heterocycles. The summed E-state index contributed by atoms with van der Waals surface area (Å²) in [7, 11) is 3.94. The summed E-state index contributed by atoms with van der Waals surface area (Å²) >= 11 is 1.82. The van der Waals surface area contributed by atoms with Gasteiger partial charge in [-0.25, -0.2) is 0 Å². The molecule has 0 aliphatic carbocycles. The minimum atomic E-state index is 0.822. The number of para-hydroxylation sites is 1. The number of nitrogens with zero attached hydrogens (tertiary/aromatic N) is 2. The van der Waals surface area contributed by atoms with Gasteiger partial charge in [0, 0.05) is 42.6 Å². The molecule has 0 radical (unpaired) electrons. The van der Waals surface area contributed by atoms with E-state index in [-0.39, 0.29) is 0 Å². The van der Waals surface area contributed by atoms with Crippen LogP contribution in [-0.2, 0) is 6.54 Å². The van der Waals surface area contributed by atoms with Crippen molar-refractivity contribution in [1.29, 1.82) is 0 Å². The van der Waals surface area contributed by atoms with Crippen molar-refractivity contribution >= 4 is 23.0 Å². The SMILES string of the molecule is CN=C(NCCCN(C)c1ccccc1)NCc1ccc(C)s1. The summed E-state index contributed by atoms with van der Waals surface area (Å²) < 4.78 is 0. The van der Waals surface area contributed by atoms with Gasteiger partial charge in [0.25, 0.3) is 0 Å². The fourth-order valence-corrected chi connectivity index (χ4v) is 3.14. The first kappa shape index (κ1) is 17.3. The fraction of sp³-hybridized carbons (Fsp3) is 0.389. The van der Waals surface area contributed by atoms with Crippen LogP contribution in [0.2, 0.25) is 0 Å². The van der Waals surface area contributed by atoms with Gasteiger partial charge in [0.2, 0.25) is 0 Å². The molecule has 1 aromatic carbocycles. The summed E-state index contributed by atoms with van der Waals surface area (Å²) in [6.45, 7) is 4.87. The van der Waals surface area contributed by atoms with Crippen molar-refractivity contribution in [3.8, 4) is 0 Å². The highest BCUT2D eigenvalue weighted by molar-refractivity contribution is 7.11. The van der Waals surface area contributed by atoms with Gasteiger partial charge >= 0.3 is 0 Å². The Kier molecular flexibility index (Phi) is 6.94. The zero-order valence-electron chi connectivity index (χ0n) is 14.2. The van der Waals surface area contributed by atoms with Crippen molar-refractivity contribution < 1.29 is 0 Å². The van der Waals surface area contributed by atoms with E-state index in [0.717, 1.165) is 32.0 Å². The molecule has 0 atom stereocenters. The Morgan fingerprint density at radius 1 is 1.13 bits per heavy atom. The van der Waals surface area contributed by atoms with Crippen molar-refractivity contribution in [2.24, 2.45) is 4.99 Å². The largest absolute Gasteiger partial charge is 0.375 e. The van der Waals surface area contributed by atoms with Crippen LogP contribution < -0.4 is 15.5 Å². The number of aryl methyl sites for hydroxylation is 1.